The van der Waals surface area contributed by atoms with E-state index in [2.05, 4.69) is 16.4 Å². The molecule has 1 heterocycles. The lowest BCUT2D eigenvalue weighted by atomic mass is 10.1. The second kappa shape index (κ2) is 4.99. The van der Waals surface area contributed by atoms with Crippen molar-refractivity contribution in [2.45, 2.75) is 6.54 Å². The maximum absolute atomic E-state index is 8.68. The molecule has 3 N–H and O–H groups in total. The number of anilines is 2. The van der Waals surface area contributed by atoms with Gasteiger partial charge in [0.15, 0.2) is 0 Å². The molecule has 0 bridgehead atoms. The molecule has 0 saturated carbocycles. The average molecular weight is 224 g/mol. The van der Waals surface area contributed by atoms with Crippen molar-refractivity contribution in [2.75, 3.05) is 11.1 Å². The maximum atomic E-state index is 8.68. The van der Waals surface area contributed by atoms with Crippen molar-refractivity contribution in [2.24, 2.45) is 0 Å². The first-order valence-electron chi connectivity index (χ1n) is 5.22. The fraction of sp³-hybridized carbons (Fsp3) is 0.0769. The molecule has 17 heavy (non-hydrogen) atoms. The zero-order valence-corrected chi connectivity index (χ0v) is 9.22. The molecule has 0 radical (unpaired) electrons. The molecule has 0 atom stereocenters. The smallest absolute Gasteiger partial charge is 0.123 e. The second-order valence-electron chi connectivity index (χ2n) is 3.63. The van der Waals surface area contributed by atoms with Gasteiger partial charge in [-0.25, -0.2) is 4.98 Å². The minimum atomic E-state index is 0.508. The van der Waals surface area contributed by atoms with Crippen molar-refractivity contribution >= 4 is 11.5 Å². The third-order valence-electron chi connectivity index (χ3n) is 2.37. The predicted octanol–water partition coefficient (Wildman–Crippen LogP) is 2.15. The number of nitrogens with one attached hydrogen (secondary N) is 1. The fourth-order valence-electron chi connectivity index (χ4n) is 1.41. The molecule has 1 aromatic heterocycles. The normalized spacial score (nSPS) is 9.59. The second-order valence-corrected chi connectivity index (χ2v) is 3.63. The zero-order chi connectivity index (χ0) is 12.1. The summed E-state index contributed by atoms with van der Waals surface area (Å²) >= 11 is 0. The summed E-state index contributed by atoms with van der Waals surface area (Å²) in [7, 11) is 0. The quantitative estimate of drug-likeness (QED) is 0.837. The predicted molar refractivity (Wildman–Crippen MR) is 67.1 cm³/mol. The first kappa shape index (κ1) is 11.0. The van der Waals surface area contributed by atoms with Crippen molar-refractivity contribution in [3.63, 3.8) is 0 Å². The van der Waals surface area contributed by atoms with Crippen molar-refractivity contribution in [3.8, 4) is 6.07 Å². The van der Waals surface area contributed by atoms with Crippen LogP contribution in [0, 0.1) is 11.3 Å². The van der Waals surface area contributed by atoms with Gasteiger partial charge < -0.3 is 11.1 Å². The topological polar surface area (TPSA) is 74.7 Å². The Morgan fingerprint density at radius 2 is 1.94 bits per heavy atom. The summed E-state index contributed by atoms with van der Waals surface area (Å²) in [5, 5.41) is 11.9. The Balaban J connectivity index is 1.98. The number of pyridine rings is 1. The van der Waals surface area contributed by atoms with E-state index in [1.165, 1.54) is 0 Å². The van der Waals surface area contributed by atoms with Crippen molar-refractivity contribution < 1.29 is 0 Å². The molecule has 84 valence electrons. The number of hydrogen-bond donors (Lipinski definition) is 2. The number of benzene rings is 1. The monoisotopic (exact) mass is 224 g/mol. The molecule has 4 heteroatoms. The van der Waals surface area contributed by atoms with Crippen LogP contribution >= 0.6 is 0 Å². The van der Waals surface area contributed by atoms with Crippen LogP contribution in [0.15, 0.2) is 42.6 Å². The zero-order valence-electron chi connectivity index (χ0n) is 9.22. The van der Waals surface area contributed by atoms with E-state index in [1.54, 1.807) is 24.4 Å². The SMILES string of the molecule is N#Cc1ccc(CNc2ccc(N)nc2)cc1. The molecule has 4 nitrogen and oxygen atoms in total. The number of nitrogens with zero attached hydrogens (tertiary/aromatic N) is 2. The van der Waals surface area contributed by atoms with Gasteiger partial charge in [-0.15, -0.1) is 0 Å². The Morgan fingerprint density at radius 1 is 1.18 bits per heavy atom. The van der Waals surface area contributed by atoms with Gasteiger partial charge in [-0.2, -0.15) is 5.26 Å². The summed E-state index contributed by atoms with van der Waals surface area (Å²) in [5.74, 6) is 0.508. The first-order chi connectivity index (χ1) is 8.28. The lowest BCUT2D eigenvalue weighted by Crippen LogP contribution is -2.00. The molecule has 0 aliphatic heterocycles. The number of rotatable bonds is 3. The minimum absolute atomic E-state index is 0.508. The molecule has 2 aromatic rings. The van der Waals surface area contributed by atoms with E-state index < -0.39 is 0 Å². The Morgan fingerprint density at radius 3 is 2.53 bits per heavy atom. The van der Waals surface area contributed by atoms with Crippen LogP contribution < -0.4 is 11.1 Å². The van der Waals surface area contributed by atoms with Crippen LogP contribution in [0.2, 0.25) is 0 Å². The summed E-state index contributed by atoms with van der Waals surface area (Å²) in [6.45, 7) is 0.692. The Hall–Kier alpha value is -2.54. The van der Waals surface area contributed by atoms with Crippen LogP contribution in [0.5, 0.6) is 0 Å². The molecule has 0 aliphatic carbocycles. The molecule has 0 fully saturated rings. The van der Waals surface area contributed by atoms with Crippen molar-refractivity contribution in [3.05, 3.63) is 53.7 Å². The molecule has 1 aromatic carbocycles. The van der Waals surface area contributed by atoms with Crippen LogP contribution in [0.1, 0.15) is 11.1 Å². The minimum Gasteiger partial charge on any atom is -0.384 e. The number of nitrogens with two attached hydrogens (primary N) is 1. The molecule has 0 saturated heterocycles. The third-order valence-corrected chi connectivity index (χ3v) is 2.37. The van der Waals surface area contributed by atoms with Crippen LogP contribution in [0.3, 0.4) is 0 Å². The van der Waals surface area contributed by atoms with Gasteiger partial charge in [0.1, 0.15) is 5.82 Å². The lowest BCUT2D eigenvalue weighted by Gasteiger charge is -2.06. The Bertz CT molecular complexity index is 523. The summed E-state index contributed by atoms with van der Waals surface area (Å²) < 4.78 is 0. The third kappa shape index (κ3) is 2.95. The highest BCUT2D eigenvalue weighted by atomic mass is 14.9. The molecular formula is C13H12N4. The first-order valence-corrected chi connectivity index (χ1v) is 5.22. The Kier molecular flexibility index (Phi) is 3.22. The highest BCUT2D eigenvalue weighted by Crippen LogP contribution is 2.10. The number of hydrogen-bond acceptors (Lipinski definition) is 4. The van der Waals surface area contributed by atoms with Gasteiger partial charge in [0.25, 0.3) is 0 Å². The van der Waals surface area contributed by atoms with Crippen molar-refractivity contribution in [1.82, 2.24) is 4.98 Å². The van der Waals surface area contributed by atoms with E-state index in [4.69, 9.17) is 11.0 Å². The van der Waals surface area contributed by atoms with E-state index in [1.807, 2.05) is 18.2 Å². The van der Waals surface area contributed by atoms with Gasteiger partial charge >= 0.3 is 0 Å². The van der Waals surface area contributed by atoms with E-state index in [9.17, 15) is 0 Å². The molecular weight excluding hydrogens is 212 g/mol. The average Bonchev–Trinajstić information content (AvgIpc) is 2.39. The molecule has 0 aliphatic rings. The van der Waals surface area contributed by atoms with Gasteiger partial charge in [-0.05, 0) is 29.8 Å². The van der Waals surface area contributed by atoms with E-state index in [0.29, 0.717) is 17.9 Å². The van der Waals surface area contributed by atoms with Gasteiger partial charge in [-0.3, -0.25) is 0 Å². The van der Waals surface area contributed by atoms with Crippen LogP contribution in [0.25, 0.3) is 0 Å². The highest BCUT2D eigenvalue weighted by Gasteiger charge is 1.95. The van der Waals surface area contributed by atoms with Crippen molar-refractivity contribution in [1.29, 1.82) is 5.26 Å². The summed E-state index contributed by atoms with van der Waals surface area (Å²) in [5.41, 5.74) is 8.20. The highest BCUT2D eigenvalue weighted by molar-refractivity contribution is 5.46. The van der Waals surface area contributed by atoms with Gasteiger partial charge in [0.2, 0.25) is 0 Å². The number of nitriles is 1. The lowest BCUT2D eigenvalue weighted by molar-refractivity contribution is 1.14. The van der Waals surface area contributed by atoms with Crippen LogP contribution in [-0.2, 0) is 6.54 Å². The van der Waals surface area contributed by atoms with Crippen LogP contribution in [0.4, 0.5) is 11.5 Å². The number of nitrogen functional groups attached to an aromatic ring is 1. The summed E-state index contributed by atoms with van der Waals surface area (Å²) in [4.78, 5) is 3.99. The van der Waals surface area contributed by atoms with E-state index >= 15 is 0 Å². The number of aromatic nitrogens is 1. The molecule has 0 spiro atoms. The summed E-state index contributed by atoms with van der Waals surface area (Å²) in [6.07, 6.45) is 1.69. The fourth-order valence-corrected chi connectivity index (χ4v) is 1.41. The maximum Gasteiger partial charge on any atom is 0.123 e. The van der Waals surface area contributed by atoms with Gasteiger partial charge in [-0.1, -0.05) is 12.1 Å². The molecule has 0 amide bonds. The Labute approximate surface area is 99.7 Å². The van der Waals surface area contributed by atoms with Gasteiger partial charge in [0, 0.05) is 6.54 Å². The summed E-state index contributed by atoms with van der Waals surface area (Å²) in [6, 6.07) is 13.2. The van der Waals surface area contributed by atoms with Crippen LogP contribution in [-0.4, -0.2) is 4.98 Å². The molecule has 2 rings (SSSR count). The van der Waals surface area contributed by atoms with E-state index in [0.717, 1.165) is 11.3 Å². The molecule has 0 unspecified atom stereocenters. The standard InChI is InChI=1S/C13H12N4/c14-7-10-1-3-11(4-2-10)8-16-12-5-6-13(15)17-9-12/h1-6,9,16H,8H2,(H2,15,17). The largest absolute Gasteiger partial charge is 0.384 e. The van der Waals surface area contributed by atoms with E-state index in [-0.39, 0.29) is 0 Å². The van der Waals surface area contributed by atoms with Gasteiger partial charge in [0.05, 0.1) is 23.5 Å².